The van der Waals surface area contributed by atoms with Gasteiger partial charge in [-0.15, -0.1) is 12.3 Å². The lowest BCUT2D eigenvalue weighted by Gasteiger charge is -2.49. The zero-order valence-corrected chi connectivity index (χ0v) is 26.3. The van der Waals surface area contributed by atoms with E-state index < -0.39 is 19.3 Å². The summed E-state index contributed by atoms with van der Waals surface area (Å²) in [6, 6.07) is 0. The summed E-state index contributed by atoms with van der Waals surface area (Å²) >= 11 is 0. The third kappa shape index (κ3) is 6.86. The quantitative estimate of drug-likeness (QED) is 0.103. The number of carbonyl (C=O) groups excluding carboxylic acids is 1. The number of terminal acetylenes is 1. The zero-order valence-electron chi connectivity index (χ0n) is 25.3. The fourth-order valence-electron chi connectivity index (χ4n) is 5.85. The predicted molar refractivity (Wildman–Crippen MR) is 152 cm³/mol. The van der Waals surface area contributed by atoms with Gasteiger partial charge in [0.25, 0.3) is 0 Å². The normalized spacial score (nSPS) is 28.8. The van der Waals surface area contributed by atoms with Gasteiger partial charge in [0.1, 0.15) is 0 Å². The fourth-order valence-corrected chi connectivity index (χ4v) is 7.54. The van der Waals surface area contributed by atoms with E-state index in [-0.39, 0.29) is 23.2 Å². The smallest absolute Gasteiger partial charge is 0.311 e. The maximum Gasteiger partial charge on any atom is 0.311 e. The van der Waals surface area contributed by atoms with Gasteiger partial charge < -0.3 is 13.9 Å². The van der Waals surface area contributed by atoms with E-state index in [1.807, 2.05) is 20.8 Å². The zero-order chi connectivity index (χ0) is 27.7. The molecule has 0 aromatic rings. The van der Waals surface area contributed by atoms with Crippen molar-refractivity contribution in [2.24, 2.45) is 29.1 Å². The Kier molecular flexibility index (Phi) is 9.80. The number of carbonyl (C=O) groups is 1. The lowest BCUT2D eigenvalue weighted by molar-refractivity contribution is -0.154. The molecule has 0 bridgehead atoms. The molecule has 0 N–H and O–H groups in total. The minimum Gasteiger partial charge on any atom is -0.465 e. The average Bonchev–Trinajstić information content (AvgIpc) is 3.10. The first kappa shape index (κ1) is 31.1. The summed E-state index contributed by atoms with van der Waals surface area (Å²) in [6.45, 7) is 26.7. The van der Waals surface area contributed by atoms with Gasteiger partial charge in [-0.25, -0.2) is 0 Å². The Balaban J connectivity index is 2.44. The summed E-state index contributed by atoms with van der Waals surface area (Å²) in [5.41, 5.74) is 0.420. The number of allylic oxidation sites excluding steroid dienone is 1. The van der Waals surface area contributed by atoms with Crippen molar-refractivity contribution in [1.29, 1.82) is 0 Å². The molecule has 0 aromatic heterocycles. The number of rotatable bonds is 9. The molecular formula is C31H54O4Si. The molecule has 1 aliphatic carbocycles. The third-order valence-corrected chi connectivity index (χ3v) is 13.5. The maximum absolute atomic E-state index is 12.4. The molecule has 1 aliphatic heterocycles. The van der Waals surface area contributed by atoms with Gasteiger partial charge in [-0.3, -0.25) is 4.79 Å². The van der Waals surface area contributed by atoms with Crippen molar-refractivity contribution in [2.75, 3.05) is 6.61 Å². The van der Waals surface area contributed by atoms with E-state index in [0.717, 1.165) is 19.3 Å². The minimum absolute atomic E-state index is 0.0175. The predicted octanol–water partition coefficient (Wildman–Crippen LogP) is 7.78. The van der Waals surface area contributed by atoms with Crippen molar-refractivity contribution in [3.8, 4) is 12.3 Å². The highest BCUT2D eigenvalue weighted by Gasteiger charge is 2.58. The van der Waals surface area contributed by atoms with Crippen LogP contribution < -0.4 is 0 Å². The van der Waals surface area contributed by atoms with E-state index in [4.69, 9.17) is 20.3 Å². The Morgan fingerprint density at radius 3 is 2.31 bits per heavy atom. The van der Waals surface area contributed by atoms with Crippen LogP contribution in [0.15, 0.2) is 11.6 Å². The van der Waals surface area contributed by atoms with E-state index in [1.54, 1.807) is 0 Å². The Morgan fingerprint density at radius 2 is 1.81 bits per heavy atom. The second-order valence-electron chi connectivity index (χ2n) is 14.4. The van der Waals surface area contributed by atoms with Crippen molar-refractivity contribution in [3.63, 3.8) is 0 Å². The molecule has 5 heteroatoms. The average molecular weight is 519 g/mol. The number of hydrogen-bond donors (Lipinski definition) is 0. The number of fused-ring (bicyclic) bond motifs is 1. The largest absolute Gasteiger partial charge is 0.465 e. The fraction of sp³-hybridized carbons (Fsp3) is 0.839. The second-order valence-corrected chi connectivity index (χ2v) is 19.1. The number of hydrogen-bond acceptors (Lipinski definition) is 4. The van der Waals surface area contributed by atoms with Crippen LogP contribution in [0.5, 0.6) is 0 Å². The van der Waals surface area contributed by atoms with E-state index in [2.05, 4.69) is 73.6 Å². The van der Waals surface area contributed by atoms with Gasteiger partial charge in [0.05, 0.1) is 29.8 Å². The van der Waals surface area contributed by atoms with Gasteiger partial charge in [0.15, 0.2) is 8.32 Å². The van der Waals surface area contributed by atoms with Gasteiger partial charge in [-0.05, 0) is 83.8 Å². The van der Waals surface area contributed by atoms with Crippen molar-refractivity contribution < 1.29 is 18.7 Å². The third-order valence-electron chi connectivity index (χ3n) is 8.95. The van der Waals surface area contributed by atoms with Crippen LogP contribution in [0.1, 0.15) is 94.9 Å². The first-order valence-corrected chi connectivity index (χ1v) is 16.9. The molecule has 1 saturated heterocycles. The van der Waals surface area contributed by atoms with E-state index in [9.17, 15) is 4.79 Å². The molecule has 1 heterocycles. The first-order chi connectivity index (χ1) is 16.4. The lowest BCUT2D eigenvalue weighted by Crippen LogP contribution is -2.56. The van der Waals surface area contributed by atoms with Crippen LogP contribution in [-0.4, -0.2) is 38.7 Å². The summed E-state index contributed by atoms with van der Waals surface area (Å²) in [6.07, 6.45) is 11.4. The standard InChI is InChI=1S/C31H54O4Si/c1-14-16-24-25-22(4)17-18-23(21(2)3)26(25)27(34-24)31(11,35-36(12,13)30(8,9)10)19-15-20-33-28(32)29(5,6)7/h1,17,21,23-27H,15-16,18-20H2,2-13H3/t23-,24-,25-,26-,27-,31-/m1/s1. The van der Waals surface area contributed by atoms with Gasteiger partial charge >= 0.3 is 5.97 Å². The molecule has 2 aliphatic rings. The Hall–Kier alpha value is -1.09. The number of esters is 1. The molecule has 1 fully saturated rings. The van der Waals surface area contributed by atoms with Crippen LogP contribution in [0.4, 0.5) is 0 Å². The second kappa shape index (κ2) is 11.3. The summed E-state index contributed by atoms with van der Waals surface area (Å²) < 4.78 is 19.9. The lowest BCUT2D eigenvalue weighted by atomic mass is 9.63. The van der Waals surface area contributed by atoms with E-state index in [1.165, 1.54) is 5.57 Å². The van der Waals surface area contributed by atoms with Crippen molar-refractivity contribution in [1.82, 2.24) is 0 Å². The molecular weight excluding hydrogens is 464 g/mol. The van der Waals surface area contributed by atoms with Crippen molar-refractivity contribution >= 4 is 14.3 Å². The van der Waals surface area contributed by atoms with Crippen molar-refractivity contribution in [2.45, 2.75) is 131 Å². The molecule has 0 unspecified atom stereocenters. The topological polar surface area (TPSA) is 44.8 Å². The molecule has 206 valence electrons. The molecule has 0 saturated carbocycles. The van der Waals surface area contributed by atoms with Gasteiger partial charge in [-0.1, -0.05) is 46.3 Å². The van der Waals surface area contributed by atoms with Crippen LogP contribution in [0.3, 0.4) is 0 Å². The van der Waals surface area contributed by atoms with Gasteiger partial charge in [-0.2, -0.15) is 0 Å². The van der Waals surface area contributed by atoms with E-state index >= 15 is 0 Å². The number of ether oxygens (including phenoxy) is 2. The van der Waals surface area contributed by atoms with Gasteiger partial charge in [0.2, 0.25) is 0 Å². The minimum atomic E-state index is -2.13. The highest BCUT2D eigenvalue weighted by atomic mass is 28.4. The summed E-state index contributed by atoms with van der Waals surface area (Å²) in [5, 5.41) is 0.0724. The Bertz CT molecular complexity index is 838. The molecule has 0 spiro atoms. The molecule has 0 radical (unpaired) electrons. The van der Waals surface area contributed by atoms with Crippen LogP contribution in [0, 0.1) is 41.4 Å². The maximum atomic E-state index is 12.4. The Morgan fingerprint density at radius 1 is 1.19 bits per heavy atom. The molecule has 0 amide bonds. The van der Waals surface area contributed by atoms with Gasteiger partial charge in [0, 0.05) is 18.3 Å². The molecule has 36 heavy (non-hydrogen) atoms. The molecule has 4 nitrogen and oxygen atoms in total. The Labute approximate surface area is 223 Å². The first-order valence-electron chi connectivity index (χ1n) is 14.0. The summed E-state index contributed by atoms with van der Waals surface area (Å²) in [5.74, 6) is 4.48. The monoisotopic (exact) mass is 518 g/mol. The molecule has 6 atom stereocenters. The van der Waals surface area contributed by atoms with Crippen LogP contribution >= 0.6 is 0 Å². The van der Waals surface area contributed by atoms with Crippen LogP contribution in [0.25, 0.3) is 0 Å². The van der Waals surface area contributed by atoms with Crippen LogP contribution in [-0.2, 0) is 18.7 Å². The molecule has 0 aromatic carbocycles. The van der Waals surface area contributed by atoms with E-state index in [0.29, 0.717) is 36.7 Å². The summed E-state index contributed by atoms with van der Waals surface area (Å²) in [7, 11) is -2.13. The van der Waals surface area contributed by atoms with Crippen molar-refractivity contribution in [3.05, 3.63) is 11.6 Å². The summed E-state index contributed by atoms with van der Waals surface area (Å²) in [4.78, 5) is 12.4. The highest BCUT2D eigenvalue weighted by Crippen LogP contribution is 2.54. The SMILES string of the molecule is C#CC[C@H]1O[C@@H]([C@@](C)(CCCOC(=O)C(C)(C)C)O[Si](C)(C)C(C)(C)C)[C@H]2[C@@H]1C(C)=CC[C@@H]2C(C)C. The highest BCUT2D eigenvalue weighted by molar-refractivity contribution is 6.74. The molecule has 2 rings (SSSR count). The van der Waals surface area contributed by atoms with Crippen LogP contribution in [0.2, 0.25) is 18.1 Å².